The SMILES string of the molecule is Cn1c(CC(=O)NNC(=O)/C=C/c2cnc3ccccc3n2)nc2ccccc21. The van der Waals surface area contributed by atoms with Gasteiger partial charge >= 0.3 is 0 Å². The highest BCUT2D eigenvalue weighted by Gasteiger charge is 2.11. The summed E-state index contributed by atoms with van der Waals surface area (Å²) in [5.41, 5.74) is 8.57. The maximum atomic E-state index is 12.1. The summed E-state index contributed by atoms with van der Waals surface area (Å²) < 4.78 is 1.86. The largest absolute Gasteiger partial charge is 0.331 e. The summed E-state index contributed by atoms with van der Waals surface area (Å²) in [6, 6.07) is 15.1. The van der Waals surface area contributed by atoms with Crippen molar-refractivity contribution in [1.29, 1.82) is 0 Å². The van der Waals surface area contributed by atoms with Crippen LogP contribution in [0.1, 0.15) is 11.5 Å². The molecule has 0 unspecified atom stereocenters. The van der Waals surface area contributed by atoms with Crippen LogP contribution in [0.15, 0.2) is 60.8 Å². The zero-order valence-electron chi connectivity index (χ0n) is 15.7. The predicted molar refractivity (Wildman–Crippen MR) is 109 cm³/mol. The first-order valence-corrected chi connectivity index (χ1v) is 8.99. The van der Waals surface area contributed by atoms with Crippen molar-refractivity contribution in [3.63, 3.8) is 0 Å². The van der Waals surface area contributed by atoms with E-state index < -0.39 is 5.91 Å². The van der Waals surface area contributed by atoms with Crippen LogP contribution in [0.2, 0.25) is 0 Å². The van der Waals surface area contributed by atoms with Crippen LogP contribution in [0.5, 0.6) is 0 Å². The molecule has 0 saturated carbocycles. The Kier molecular flexibility index (Phi) is 4.98. The Bertz CT molecular complexity index is 1240. The molecular formula is C21H18N6O2. The van der Waals surface area contributed by atoms with Crippen molar-refractivity contribution in [3.05, 3.63) is 72.3 Å². The van der Waals surface area contributed by atoms with Gasteiger partial charge in [0.25, 0.3) is 5.91 Å². The summed E-state index contributed by atoms with van der Waals surface area (Å²) in [6.45, 7) is 0. The van der Waals surface area contributed by atoms with Gasteiger partial charge in [0, 0.05) is 13.1 Å². The number of hydrogen-bond donors (Lipinski definition) is 2. The van der Waals surface area contributed by atoms with E-state index in [2.05, 4.69) is 25.8 Å². The van der Waals surface area contributed by atoms with Gasteiger partial charge in [-0.25, -0.2) is 9.97 Å². The van der Waals surface area contributed by atoms with Gasteiger partial charge in [0.15, 0.2) is 0 Å². The lowest BCUT2D eigenvalue weighted by Crippen LogP contribution is -2.41. The summed E-state index contributed by atoms with van der Waals surface area (Å²) >= 11 is 0. The molecule has 0 bridgehead atoms. The Balaban J connectivity index is 1.34. The molecule has 29 heavy (non-hydrogen) atoms. The molecule has 2 N–H and O–H groups in total. The fourth-order valence-electron chi connectivity index (χ4n) is 2.93. The first kappa shape index (κ1) is 18.3. The molecule has 0 fully saturated rings. The molecular weight excluding hydrogens is 368 g/mol. The molecule has 144 valence electrons. The van der Waals surface area contributed by atoms with Crippen molar-refractivity contribution in [2.24, 2.45) is 7.05 Å². The fourth-order valence-corrected chi connectivity index (χ4v) is 2.93. The third-order valence-electron chi connectivity index (χ3n) is 4.40. The van der Waals surface area contributed by atoms with E-state index in [0.29, 0.717) is 11.5 Å². The molecule has 0 saturated heterocycles. The second-order valence-corrected chi connectivity index (χ2v) is 6.41. The van der Waals surface area contributed by atoms with Crippen molar-refractivity contribution in [2.45, 2.75) is 6.42 Å². The number of amides is 2. The van der Waals surface area contributed by atoms with Crippen LogP contribution in [-0.2, 0) is 23.1 Å². The number of nitrogens with one attached hydrogen (secondary N) is 2. The number of hydrazine groups is 1. The van der Waals surface area contributed by atoms with E-state index in [9.17, 15) is 9.59 Å². The Morgan fingerprint density at radius 2 is 1.69 bits per heavy atom. The van der Waals surface area contributed by atoms with Gasteiger partial charge in [-0.15, -0.1) is 0 Å². The molecule has 2 aromatic heterocycles. The van der Waals surface area contributed by atoms with E-state index in [1.165, 1.54) is 12.2 Å². The number of aromatic nitrogens is 4. The zero-order chi connectivity index (χ0) is 20.2. The van der Waals surface area contributed by atoms with Gasteiger partial charge in [-0.1, -0.05) is 24.3 Å². The molecule has 0 aliphatic carbocycles. The van der Waals surface area contributed by atoms with Gasteiger partial charge in [0.1, 0.15) is 5.82 Å². The first-order chi connectivity index (χ1) is 14.1. The lowest BCUT2D eigenvalue weighted by molar-refractivity contribution is -0.126. The van der Waals surface area contributed by atoms with E-state index in [1.54, 1.807) is 6.20 Å². The molecule has 2 aromatic carbocycles. The highest BCUT2D eigenvalue weighted by molar-refractivity contribution is 5.93. The molecule has 4 aromatic rings. The Morgan fingerprint density at radius 3 is 2.48 bits per heavy atom. The smallest absolute Gasteiger partial charge is 0.262 e. The molecule has 0 radical (unpaired) electrons. The normalized spacial score (nSPS) is 11.2. The molecule has 0 spiro atoms. The summed E-state index contributed by atoms with van der Waals surface area (Å²) in [5, 5.41) is 0. The van der Waals surface area contributed by atoms with Crippen molar-refractivity contribution in [3.8, 4) is 0 Å². The van der Waals surface area contributed by atoms with Crippen molar-refractivity contribution >= 4 is 40.0 Å². The highest BCUT2D eigenvalue weighted by atomic mass is 16.2. The number of nitrogens with zero attached hydrogens (tertiary/aromatic N) is 4. The number of benzene rings is 2. The first-order valence-electron chi connectivity index (χ1n) is 8.99. The number of rotatable bonds is 4. The molecule has 4 rings (SSSR count). The lowest BCUT2D eigenvalue weighted by atomic mass is 10.3. The molecule has 2 heterocycles. The topological polar surface area (TPSA) is 102 Å². The van der Waals surface area contributed by atoms with Crippen molar-refractivity contribution < 1.29 is 9.59 Å². The number of fused-ring (bicyclic) bond motifs is 2. The van der Waals surface area contributed by atoms with Crippen molar-refractivity contribution in [2.75, 3.05) is 0 Å². The van der Waals surface area contributed by atoms with Gasteiger partial charge < -0.3 is 4.57 Å². The van der Waals surface area contributed by atoms with Crippen LogP contribution in [-0.4, -0.2) is 31.3 Å². The summed E-state index contributed by atoms with van der Waals surface area (Å²) in [5.74, 6) is -0.228. The number of aryl methyl sites for hydroxylation is 1. The van der Waals surface area contributed by atoms with Crippen molar-refractivity contribution in [1.82, 2.24) is 30.4 Å². The quantitative estimate of drug-likeness (QED) is 0.412. The third-order valence-corrected chi connectivity index (χ3v) is 4.40. The minimum Gasteiger partial charge on any atom is -0.331 e. The maximum Gasteiger partial charge on any atom is 0.262 e. The lowest BCUT2D eigenvalue weighted by Gasteiger charge is -2.05. The third kappa shape index (κ3) is 4.11. The molecule has 0 aliphatic rings. The monoisotopic (exact) mass is 386 g/mol. The van der Waals surface area contributed by atoms with Gasteiger partial charge in [0.2, 0.25) is 5.91 Å². The Morgan fingerprint density at radius 1 is 0.966 bits per heavy atom. The van der Waals surface area contributed by atoms with E-state index in [4.69, 9.17) is 0 Å². The second kappa shape index (κ2) is 7.89. The van der Waals surface area contributed by atoms with Gasteiger partial charge in [-0.3, -0.25) is 25.4 Å². The van der Waals surface area contributed by atoms with E-state index in [1.807, 2.05) is 60.1 Å². The Labute approximate surface area is 166 Å². The summed E-state index contributed by atoms with van der Waals surface area (Å²) in [6.07, 6.45) is 4.45. The Hall–Kier alpha value is -4.07. The van der Waals surface area contributed by atoms with Gasteiger partial charge in [-0.2, -0.15) is 0 Å². The van der Waals surface area contributed by atoms with Crippen LogP contribution in [0, 0.1) is 0 Å². The minimum atomic E-state index is -0.474. The average Bonchev–Trinajstić information content (AvgIpc) is 3.06. The van der Waals surface area contributed by atoms with Crippen LogP contribution in [0.25, 0.3) is 28.1 Å². The van der Waals surface area contributed by atoms with Crippen LogP contribution >= 0.6 is 0 Å². The highest BCUT2D eigenvalue weighted by Crippen LogP contribution is 2.14. The molecule has 8 heteroatoms. The average molecular weight is 386 g/mol. The number of imidazole rings is 1. The van der Waals surface area contributed by atoms with E-state index in [0.717, 1.165) is 22.1 Å². The van der Waals surface area contributed by atoms with Gasteiger partial charge in [-0.05, 0) is 30.3 Å². The number of para-hydroxylation sites is 4. The molecule has 8 nitrogen and oxygen atoms in total. The number of hydrogen-bond acceptors (Lipinski definition) is 5. The molecule has 2 amide bonds. The van der Waals surface area contributed by atoms with Crippen LogP contribution < -0.4 is 10.9 Å². The molecule has 0 aliphatic heterocycles. The summed E-state index contributed by atoms with van der Waals surface area (Å²) in [4.78, 5) is 37.2. The standard InChI is InChI=1S/C21H18N6O2/c1-27-18-9-5-4-8-17(18)24-19(27)12-21(29)26-25-20(28)11-10-14-13-22-15-6-2-3-7-16(15)23-14/h2-11,13H,12H2,1H3,(H,25,28)(H,26,29)/b11-10+. The fraction of sp³-hybridized carbons (Fsp3) is 0.0952. The second-order valence-electron chi connectivity index (χ2n) is 6.41. The van der Waals surface area contributed by atoms with Gasteiger partial charge in [0.05, 0.1) is 40.4 Å². The molecule has 0 atom stereocenters. The minimum absolute atomic E-state index is 0.0469. The summed E-state index contributed by atoms with van der Waals surface area (Å²) in [7, 11) is 1.85. The number of carbonyl (C=O) groups excluding carboxylic acids is 2. The van der Waals surface area contributed by atoms with Crippen LogP contribution in [0.3, 0.4) is 0 Å². The predicted octanol–water partition coefficient (Wildman–Crippen LogP) is 1.92. The van der Waals surface area contributed by atoms with E-state index >= 15 is 0 Å². The van der Waals surface area contributed by atoms with E-state index in [-0.39, 0.29) is 12.3 Å². The van der Waals surface area contributed by atoms with Crippen LogP contribution in [0.4, 0.5) is 0 Å². The zero-order valence-corrected chi connectivity index (χ0v) is 15.7. The maximum absolute atomic E-state index is 12.1. The number of carbonyl (C=O) groups is 2.